The maximum absolute atomic E-state index is 14.3. The molecule has 0 spiro atoms. The predicted molar refractivity (Wildman–Crippen MR) is 179 cm³/mol. The summed E-state index contributed by atoms with van der Waals surface area (Å²) in [5.41, 5.74) is 0.992. The van der Waals surface area contributed by atoms with E-state index in [-0.39, 0.29) is 54.0 Å². The Kier molecular flexibility index (Phi) is 12.2. The van der Waals surface area contributed by atoms with Crippen LogP contribution in [0.1, 0.15) is 50.4 Å². The van der Waals surface area contributed by atoms with Crippen LogP contribution < -0.4 is 14.8 Å². The number of nitrogens with zero attached hydrogens (tertiary/aromatic N) is 4. The molecule has 2 aromatic carbocycles. The lowest BCUT2D eigenvalue weighted by Crippen LogP contribution is -2.48. The molecule has 0 aliphatic carbocycles. The Morgan fingerprint density at radius 3 is 2.57 bits per heavy atom. The standard InChI is InChI=1S/C33H46N6O7S/c1-23-18-39(24(2)21-40)32(41)28-17-27(36-47(43,44)31-20-37(4)22-34-31)14-15-29(28)46-25(3)11-9-10-16-45-30(23)19-38(5)33(42)35-26-12-7-6-8-13-26/h6-8,12-15,17,20,22-25,30,36,40H,9-11,16,18-19,21H2,1-5H3,(H,35,42)/t23-,24+,25-,30-/m0/s1. The van der Waals surface area contributed by atoms with Crippen LogP contribution in [-0.4, -0.2) is 96.4 Å². The number of carbonyl (C=O) groups is 2. The van der Waals surface area contributed by atoms with Gasteiger partial charge in [-0.3, -0.25) is 9.52 Å². The molecule has 14 heteroatoms. The third-order valence-electron chi connectivity index (χ3n) is 8.09. The van der Waals surface area contributed by atoms with Crippen LogP contribution in [0.15, 0.2) is 66.1 Å². The van der Waals surface area contributed by atoms with Gasteiger partial charge in [-0.05, 0) is 63.4 Å². The van der Waals surface area contributed by atoms with E-state index in [0.29, 0.717) is 24.5 Å². The number of likely N-dealkylation sites (N-methyl/N-ethyl adjacent to an activating group) is 1. The Labute approximate surface area is 276 Å². The van der Waals surface area contributed by atoms with Crippen molar-refractivity contribution >= 4 is 33.3 Å². The van der Waals surface area contributed by atoms with Gasteiger partial charge in [0.15, 0.2) is 5.03 Å². The number of carbonyl (C=O) groups excluding carboxylic acids is 2. The second-order valence-electron chi connectivity index (χ2n) is 12.2. The fraction of sp³-hybridized carbons (Fsp3) is 0.485. The predicted octanol–water partition coefficient (Wildman–Crippen LogP) is 4.18. The highest BCUT2D eigenvalue weighted by Crippen LogP contribution is 2.29. The number of anilines is 2. The van der Waals surface area contributed by atoms with E-state index in [2.05, 4.69) is 15.0 Å². The minimum atomic E-state index is -4.03. The summed E-state index contributed by atoms with van der Waals surface area (Å²) in [5.74, 6) is -0.379. The van der Waals surface area contributed by atoms with Crippen molar-refractivity contribution < 1.29 is 32.6 Å². The Morgan fingerprint density at radius 2 is 1.89 bits per heavy atom. The van der Waals surface area contributed by atoms with Crippen LogP contribution in [-0.2, 0) is 21.8 Å². The van der Waals surface area contributed by atoms with E-state index < -0.39 is 28.1 Å². The van der Waals surface area contributed by atoms with E-state index in [0.717, 1.165) is 12.8 Å². The molecule has 256 valence electrons. The van der Waals surface area contributed by atoms with Gasteiger partial charge in [0.1, 0.15) is 5.75 Å². The molecule has 0 saturated carbocycles. The number of imidazole rings is 1. The average Bonchev–Trinajstić information content (AvgIpc) is 3.50. The summed E-state index contributed by atoms with van der Waals surface area (Å²) in [6.45, 7) is 6.22. The fourth-order valence-electron chi connectivity index (χ4n) is 5.28. The first kappa shape index (κ1) is 35.7. The molecule has 0 bridgehead atoms. The number of para-hydroxylation sites is 1. The number of rotatable bonds is 8. The van der Waals surface area contributed by atoms with Crippen LogP contribution in [0.5, 0.6) is 5.75 Å². The second-order valence-corrected chi connectivity index (χ2v) is 13.8. The number of hydrogen-bond donors (Lipinski definition) is 3. The first-order valence-corrected chi connectivity index (χ1v) is 17.3. The summed E-state index contributed by atoms with van der Waals surface area (Å²) in [7, 11) is -0.664. The van der Waals surface area contributed by atoms with E-state index in [1.165, 1.54) is 23.2 Å². The molecule has 13 nitrogen and oxygen atoms in total. The summed E-state index contributed by atoms with van der Waals surface area (Å²) in [5, 5.41) is 12.9. The van der Waals surface area contributed by atoms with E-state index in [1.807, 2.05) is 44.2 Å². The zero-order valence-electron chi connectivity index (χ0n) is 27.6. The van der Waals surface area contributed by atoms with Crippen molar-refractivity contribution in [2.45, 2.75) is 63.3 Å². The first-order chi connectivity index (χ1) is 22.4. The van der Waals surface area contributed by atoms with Gasteiger partial charge in [-0.15, -0.1) is 0 Å². The molecule has 1 aromatic heterocycles. The number of aliphatic hydroxyl groups is 1. The van der Waals surface area contributed by atoms with Gasteiger partial charge in [0, 0.05) is 57.3 Å². The topological polar surface area (TPSA) is 155 Å². The zero-order chi connectivity index (χ0) is 34.1. The molecule has 2 heterocycles. The number of aliphatic hydroxyl groups excluding tert-OH is 1. The number of aryl methyl sites for hydroxylation is 1. The number of fused-ring (bicyclic) bond motifs is 1. The number of nitrogens with one attached hydrogen (secondary N) is 2. The van der Waals surface area contributed by atoms with Gasteiger partial charge in [0.05, 0.1) is 36.7 Å². The second kappa shape index (κ2) is 16.1. The van der Waals surface area contributed by atoms with E-state index >= 15 is 0 Å². The van der Waals surface area contributed by atoms with Crippen LogP contribution in [0.3, 0.4) is 0 Å². The smallest absolute Gasteiger partial charge is 0.321 e. The van der Waals surface area contributed by atoms with Crippen molar-refractivity contribution in [2.75, 3.05) is 43.4 Å². The molecule has 3 amide bonds. The van der Waals surface area contributed by atoms with Crippen LogP contribution in [0, 0.1) is 5.92 Å². The molecule has 47 heavy (non-hydrogen) atoms. The summed E-state index contributed by atoms with van der Waals surface area (Å²) in [4.78, 5) is 34.4. The largest absolute Gasteiger partial charge is 0.490 e. The zero-order valence-corrected chi connectivity index (χ0v) is 28.4. The molecule has 0 fully saturated rings. The number of amides is 3. The van der Waals surface area contributed by atoms with E-state index in [4.69, 9.17) is 9.47 Å². The van der Waals surface area contributed by atoms with Crippen LogP contribution in [0.4, 0.5) is 16.2 Å². The lowest BCUT2D eigenvalue weighted by molar-refractivity contribution is -0.0115. The van der Waals surface area contributed by atoms with E-state index in [1.54, 1.807) is 43.0 Å². The van der Waals surface area contributed by atoms with Crippen molar-refractivity contribution in [3.63, 3.8) is 0 Å². The highest BCUT2D eigenvalue weighted by Gasteiger charge is 2.31. The summed E-state index contributed by atoms with van der Waals surface area (Å²) in [6.07, 6.45) is 4.38. The molecule has 4 rings (SSSR count). The fourth-order valence-corrected chi connectivity index (χ4v) is 6.31. The number of hydrogen-bond acceptors (Lipinski definition) is 8. The van der Waals surface area contributed by atoms with Crippen molar-refractivity contribution in [2.24, 2.45) is 13.0 Å². The normalized spacial score (nSPS) is 20.3. The van der Waals surface area contributed by atoms with E-state index in [9.17, 15) is 23.1 Å². The van der Waals surface area contributed by atoms with Gasteiger partial charge in [-0.1, -0.05) is 25.1 Å². The van der Waals surface area contributed by atoms with Gasteiger partial charge in [-0.25, -0.2) is 9.78 Å². The minimum Gasteiger partial charge on any atom is -0.490 e. The molecule has 1 aliphatic rings. The number of sulfonamides is 1. The minimum absolute atomic E-state index is 0.152. The third-order valence-corrected chi connectivity index (χ3v) is 9.35. The first-order valence-electron chi connectivity index (χ1n) is 15.8. The van der Waals surface area contributed by atoms with Crippen LogP contribution in [0.2, 0.25) is 0 Å². The highest BCUT2D eigenvalue weighted by atomic mass is 32.2. The van der Waals surface area contributed by atoms with Crippen molar-refractivity contribution in [1.82, 2.24) is 19.4 Å². The molecular formula is C33H46N6O7S. The molecule has 0 radical (unpaired) electrons. The van der Waals surface area contributed by atoms with Crippen molar-refractivity contribution in [1.29, 1.82) is 0 Å². The Bertz CT molecular complexity index is 1600. The lowest BCUT2D eigenvalue weighted by atomic mass is 10.0. The van der Waals surface area contributed by atoms with Gasteiger partial charge in [-0.2, -0.15) is 8.42 Å². The molecular weight excluding hydrogens is 624 g/mol. The van der Waals surface area contributed by atoms with Gasteiger partial charge >= 0.3 is 6.03 Å². The van der Waals surface area contributed by atoms with Gasteiger partial charge in [0.25, 0.3) is 15.9 Å². The number of aromatic nitrogens is 2. The van der Waals surface area contributed by atoms with Crippen molar-refractivity contribution in [3.05, 3.63) is 66.6 Å². The van der Waals surface area contributed by atoms with Crippen LogP contribution >= 0.6 is 0 Å². The average molecular weight is 671 g/mol. The third kappa shape index (κ3) is 9.69. The molecule has 0 unspecified atom stereocenters. The molecule has 0 saturated heterocycles. The maximum atomic E-state index is 14.3. The summed E-state index contributed by atoms with van der Waals surface area (Å²) in [6, 6.07) is 12.9. The Morgan fingerprint density at radius 1 is 1.15 bits per heavy atom. The molecule has 1 aliphatic heterocycles. The Balaban J connectivity index is 1.62. The molecule has 4 atom stereocenters. The maximum Gasteiger partial charge on any atom is 0.321 e. The van der Waals surface area contributed by atoms with Gasteiger partial charge < -0.3 is 34.3 Å². The molecule has 3 N–H and O–H groups in total. The quantitative estimate of drug-likeness (QED) is 0.323. The SMILES string of the molecule is C[C@H](CO)N1C[C@H](C)[C@H](CN(C)C(=O)Nc2ccccc2)OCCCC[C@H](C)Oc2ccc(NS(=O)(=O)c3cn(C)cn3)cc2C1=O. The molecule has 3 aromatic rings. The summed E-state index contributed by atoms with van der Waals surface area (Å²) < 4.78 is 42.7. The number of benzene rings is 2. The number of ether oxygens (including phenoxy) is 2. The summed E-state index contributed by atoms with van der Waals surface area (Å²) >= 11 is 0. The van der Waals surface area contributed by atoms with Crippen molar-refractivity contribution in [3.8, 4) is 5.75 Å². The number of urea groups is 1. The lowest BCUT2D eigenvalue weighted by Gasteiger charge is -2.35. The highest BCUT2D eigenvalue weighted by molar-refractivity contribution is 7.92. The monoisotopic (exact) mass is 670 g/mol. The Hall–Kier alpha value is -4.14. The van der Waals surface area contributed by atoms with Gasteiger partial charge in [0.2, 0.25) is 0 Å². The van der Waals surface area contributed by atoms with Crippen LogP contribution in [0.25, 0.3) is 0 Å².